The number of benzene rings is 2. The Morgan fingerprint density at radius 1 is 1.23 bits per heavy atom. The molecule has 1 aromatic heterocycles. The normalized spacial score (nSPS) is 10.8. The van der Waals surface area contributed by atoms with Crippen LogP contribution in [0.15, 0.2) is 48.5 Å². The molecule has 134 valence electrons. The van der Waals surface area contributed by atoms with Gasteiger partial charge in [0.15, 0.2) is 0 Å². The van der Waals surface area contributed by atoms with Gasteiger partial charge in [-0.3, -0.25) is 4.79 Å². The van der Waals surface area contributed by atoms with Crippen LogP contribution in [0.5, 0.6) is 5.75 Å². The molecule has 1 heterocycles. The fourth-order valence-electron chi connectivity index (χ4n) is 2.25. The lowest BCUT2D eigenvalue weighted by Crippen LogP contribution is -2.14. The lowest BCUT2D eigenvalue weighted by Gasteiger charge is -2.06. The monoisotopic (exact) mass is 378 g/mol. The number of aryl methyl sites for hydroxylation is 1. The largest absolute Gasteiger partial charge is 0.435 e. The Bertz CT molecular complexity index is 929. The number of nitrogens with one attached hydrogen (secondary N) is 1. The van der Waals surface area contributed by atoms with Crippen molar-refractivity contribution in [2.45, 2.75) is 13.5 Å². The Balaban J connectivity index is 1.79. The van der Waals surface area contributed by atoms with Crippen molar-refractivity contribution in [3.05, 3.63) is 65.2 Å². The first-order valence-corrected chi connectivity index (χ1v) is 7.86. The van der Waals surface area contributed by atoms with Gasteiger partial charge in [-0.1, -0.05) is 17.7 Å². The zero-order valence-electron chi connectivity index (χ0n) is 13.5. The number of hydrogen-bond donors (Lipinski definition) is 1. The van der Waals surface area contributed by atoms with E-state index in [0.717, 1.165) is 0 Å². The van der Waals surface area contributed by atoms with Crippen LogP contribution >= 0.6 is 11.6 Å². The number of carbonyl (C=O) groups is 1. The van der Waals surface area contributed by atoms with E-state index in [-0.39, 0.29) is 11.6 Å². The molecule has 3 aromatic rings. The third kappa shape index (κ3) is 4.15. The van der Waals surface area contributed by atoms with E-state index in [4.69, 9.17) is 11.6 Å². The van der Waals surface area contributed by atoms with Gasteiger partial charge >= 0.3 is 6.61 Å². The van der Waals surface area contributed by atoms with E-state index in [2.05, 4.69) is 20.1 Å². The summed E-state index contributed by atoms with van der Waals surface area (Å²) >= 11 is 5.88. The number of aromatic nitrogens is 3. The van der Waals surface area contributed by atoms with Crippen LogP contribution in [0, 0.1) is 6.92 Å². The second kappa shape index (κ2) is 7.49. The molecule has 0 aliphatic rings. The van der Waals surface area contributed by atoms with Crippen molar-refractivity contribution < 1.29 is 18.3 Å². The molecule has 0 aliphatic heterocycles. The summed E-state index contributed by atoms with van der Waals surface area (Å²) in [6, 6.07) is 12.5. The van der Waals surface area contributed by atoms with Gasteiger partial charge in [0.25, 0.3) is 5.91 Å². The lowest BCUT2D eigenvalue weighted by atomic mass is 10.3. The molecule has 2 aromatic carbocycles. The third-order valence-corrected chi connectivity index (χ3v) is 3.60. The van der Waals surface area contributed by atoms with Crippen molar-refractivity contribution in [3.8, 4) is 11.4 Å². The molecule has 3 rings (SSSR count). The van der Waals surface area contributed by atoms with Crippen LogP contribution in [0.4, 0.5) is 14.5 Å². The number of carbonyl (C=O) groups excluding carboxylic acids is 1. The van der Waals surface area contributed by atoms with Gasteiger partial charge in [-0.2, -0.15) is 8.78 Å². The van der Waals surface area contributed by atoms with Crippen molar-refractivity contribution in [2.24, 2.45) is 0 Å². The Morgan fingerprint density at radius 3 is 2.62 bits per heavy atom. The quantitative estimate of drug-likeness (QED) is 0.726. The van der Waals surface area contributed by atoms with Crippen molar-refractivity contribution in [3.63, 3.8) is 0 Å². The van der Waals surface area contributed by atoms with Crippen LogP contribution in [-0.2, 0) is 0 Å². The fourth-order valence-corrected chi connectivity index (χ4v) is 2.44. The number of anilines is 1. The summed E-state index contributed by atoms with van der Waals surface area (Å²) in [5, 5.41) is 7.31. The van der Waals surface area contributed by atoms with Crippen molar-refractivity contribution in [2.75, 3.05) is 5.32 Å². The summed E-state index contributed by atoms with van der Waals surface area (Å²) in [7, 11) is 0. The van der Waals surface area contributed by atoms with Gasteiger partial charge in [0, 0.05) is 10.7 Å². The summed E-state index contributed by atoms with van der Waals surface area (Å²) in [4.78, 5) is 16.4. The first-order valence-electron chi connectivity index (χ1n) is 7.48. The molecule has 9 heteroatoms. The molecule has 26 heavy (non-hydrogen) atoms. The lowest BCUT2D eigenvalue weighted by molar-refractivity contribution is -0.0498. The number of ether oxygens (including phenoxy) is 1. The van der Waals surface area contributed by atoms with Gasteiger partial charge in [0.05, 0.1) is 5.69 Å². The highest BCUT2D eigenvalue weighted by Gasteiger charge is 2.16. The third-order valence-electron chi connectivity index (χ3n) is 3.36. The first-order chi connectivity index (χ1) is 12.4. The van der Waals surface area contributed by atoms with E-state index >= 15 is 0 Å². The van der Waals surface area contributed by atoms with E-state index in [1.807, 2.05) is 0 Å². The zero-order chi connectivity index (χ0) is 18.7. The molecular weight excluding hydrogens is 366 g/mol. The molecule has 0 unspecified atom stereocenters. The maximum absolute atomic E-state index is 12.3. The summed E-state index contributed by atoms with van der Waals surface area (Å²) in [6.07, 6.45) is 0. The van der Waals surface area contributed by atoms with Crippen LogP contribution in [-0.4, -0.2) is 27.3 Å². The number of amides is 1. The molecule has 0 spiro atoms. The highest BCUT2D eigenvalue weighted by Crippen LogP contribution is 2.19. The van der Waals surface area contributed by atoms with Crippen LogP contribution < -0.4 is 10.1 Å². The topological polar surface area (TPSA) is 69.0 Å². The number of rotatable bonds is 5. The average molecular weight is 379 g/mol. The van der Waals surface area contributed by atoms with Crippen molar-refractivity contribution in [1.82, 2.24) is 14.8 Å². The first kappa shape index (κ1) is 17.8. The van der Waals surface area contributed by atoms with E-state index < -0.39 is 12.5 Å². The van der Waals surface area contributed by atoms with Gasteiger partial charge in [-0.25, -0.2) is 9.67 Å². The fraction of sp³-hybridized carbons (Fsp3) is 0.118. The van der Waals surface area contributed by atoms with E-state index in [1.165, 1.54) is 28.9 Å². The van der Waals surface area contributed by atoms with Gasteiger partial charge in [-0.05, 0) is 49.4 Å². The smallest absolute Gasteiger partial charge is 0.387 e. The standard InChI is InChI=1S/C17H13ClF2N4O2/c1-10-21-15(16(25)22-12-4-2-3-11(18)9-12)23-24(10)13-5-7-14(8-6-13)26-17(19)20/h2-9,17H,1H3,(H,22,25). The van der Waals surface area contributed by atoms with Crippen LogP contribution in [0.1, 0.15) is 16.4 Å². The van der Waals surface area contributed by atoms with Crippen molar-refractivity contribution >= 4 is 23.2 Å². The molecule has 1 N–H and O–H groups in total. The van der Waals surface area contributed by atoms with E-state index in [0.29, 0.717) is 22.2 Å². The molecule has 0 radical (unpaired) electrons. The molecule has 0 saturated heterocycles. The molecule has 0 bridgehead atoms. The highest BCUT2D eigenvalue weighted by atomic mass is 35.5. The van der Waals surface area contributed by atoms with E-state index in [1.54, 1.807) is 31.2 Å². The maximum Gasteiger partial charge on any atom is 0.387 e. The predicted molar refractivity (Wildman–Crippen MR) is 92.1 cm³/mol. The highest BCUT2D eigenvalue weighted by molar-refractivity contribution is 6.30. The number of hydrogen-bond acceptors (Lipinski definition) is 4. The molecule has 6 nitrogen and oxygen atoms in total. The Hall–Kier alpha value is -3.00. The van der Waals surface area contributed by atoms with Crippen molar-refractivity contribution in [1.29, 1.82) is 0 Å². The Morgan fingerprint density at radius 2 is 1.96 bits per heavy atom. The molecule has 0 atom stereocenters. The Labute approximate surface area is 152 Å². The van der Waals surface area contributed by atoms with Gasteiger partial charge in [-0.15, -0.1) is 5.10 Å². The van der Waals surface area contributed by atoms with Gasteiger partial charge in [0.2, 0.25) is 5.82 Å². The van der Waals surface area contributed by atoms with Crippen LogP contribution in [0.2, 0.25) is 5.02 Å². The average Bonchev–Trinajstić information content (AvgIpc) is 2.97. The zero-order valence-corrected chi connectivity index (χ0v) is 14.2. The summed E-state index contributed by atoms with van der Waals surface area (Å²) in [6.45, 7) is -1.22. The molecule has 0 saturated carbocycles. The molecule has 0 aliphatic carbocycles. The number of halogens is 3. The molecule has 0 fully saturated rings. The van der Waals surface area contributed by atoms with E-state index in [9.17, 15) is 13.6 Å². The van der Waals surface area contributed by atoms with Gasteiger partial charge < -0.3 is 10.1 Å². The minimum absolute atomic E-state index is 0.0282. The second-order valence-electron chi connectivity index (χ2n) is 5.23. The summed E-state index contributed by atoms with van der Waals surface area (Å²) < 4.78 is 30.1. The number of nitrogens with zero attached hydrogens (tertiary/aromatic N) is 3. The minimum atomic E-state index is -2.89. The molecular formula is C17H13ClF2N4O2. The van der Waals surface area contributed by atoms with Gasteiger partial charge in [0.1, 0.15) is 11.6 Å². The summed E-state index contributed by atoms with van der Waals surface area (Å²) in [5.41, 5.74) is 1.07. The molecule has 1 amide bonds. The second-order valence-corrected chi connectivity index (χ2v) is 5.67. The predicted octanol–water partition coefficient (Wildman–Crippen LogP) is 4.08. The maximum atomic E-state index is 12.3. The minimum Gasteiger partial charge on any atom is -0.435 e. The van der Waals surface area contributed by atoms with Crippen LogP contribution in [0.25, 0.3) is 5.69 Å². The summed E-state index contributed by atoms with van der Waals surface area (Å²) in [5.74, 6) is -0.0358. The Kier molecular flexibility index (Phi) is 5.13. The SMILES string of the molecule is Cc1nc(C(=O)Nc2cccc(Cl)c2)nn1-c1ccc(OC(F)F)cc1. The van der Waals surface area contributed by atoms with Crippen LogP contribution in [0.3, 0.4) is 0 Å². The number of alkyl halides is 2.